The standard InChI is InChI=1S/C18H14N6O8S/c1-2-32-16(26)9-3-5-10(6-4-9)19-17(27)20-18-22-21-15(33-18)12-7-11(23(28)29)8-13(14(12)25)24(30)31/h3-8,25H,2H2,1H3,(H2,19,20,22,27). The molecule has 170 valence electrons. The maximum atomic E-state index is 12.2. The SMILES string of the molecule is CCOC(=O)c1ccc(NC(=O)Nc2nnc(-c3cc([N+](=O)[O-])cc([N+](=O)[O-])c3O)s2)cc1. The second-order valence-electron chi connectivity index (χ2n) is 6.16. The third-order valence-corrected chi connectivity index (χ3v) is 4.88. The molecule has 0 saturated heterocycles. The van der Waals surface area contributed by atoms with Crippen LogP contribution in [-0.2, 0) is 4.74 Å². The van der Waals surface area contributed by atoms with Gasteiger partial charge in [0.15, 0.2) is 5.01 Å². The number of phenols is 1. The second-order valence-corrected chi connectivity index (χ2v) is 7.14. The summed E-state index contributed by atoms with van der Waals surface area (Å²) in [5.74, 6) is -1.32. The average Bonchev–Trinajstić information content (AvgIpc) is 3.22. The smallest absolute Gasteiger partial charge is 0.338 e. The van der Waals surface area contributed by atoms with Crippen molar-refractivity contribution in [3.05, 3.63) is 62.2 Å². The van der Waals surface area contributed by atoms with Crippen molar-refractivity contribution >= 4 is 45.5 Å². The van der Waals surface area contributed by atoms with Gasteiger partial charge in [-0.1, -0.05) is 11.3 Å². The van der Waals surface area contributed by atoms with Crippen molar-refractivity contribution in [3.8, 4) is 16.3 Å². The van der Waals surface area contributed by atoms with Crippen molar-refractivity contribution in [2.75, 3.05) is 17.2 Å². The molecular weight excluding hydrogens is 460 g/mol. The molecule has 0 aliphatic rings. The Morgan fingerprint density at radius 3 is 2.39 bits per heavy atom. The lowest BCUT2D eigenvalue weighted by Gasteiger charge is -2.06. The van der Waals surface area contributed by atoms with Crippen LogP contribution in [0.1, 0.15) is 17.3 Å². The number of hydrogen-bond acceptors (Lipinski definition) is 11. The van der Waals surface area contributed by atoms with Crippen LogP contribution in [0.25, 0.3) is 10.6 Å². The molecule has 15 heteroatoms. The number of rotatable bonds is 7. The van der Waals surface area contributed by atoms with E-state index in [0.717, 1.165) is 17.4 Å². The zero-order chi connectivity index (χ0) is 24.1. The number of carbonyl (C=O) groups is 2. The number of non-ortho nitro benzene ring substituents is 1. The van der Waals surface area contributed by atoms with Crippen LogP contribution in [-0.4, -0.2) is 43.8 Å². The number of anilines is 2. The predicted octanol–water partition coefficient (Wildman–Crippen LogP) is 3.55. The summed E-state index contributed by atoms with van der Waals surface area (Å²) in [6.07, 6.45) is 0. The third kappa shape index (κ3) is 5.34. The van der Waals surface area contributed by atoms with E-state index in [4.69, 9.17) is 4.74 Å². The molecule has 33 heavy (non-hydrogen) atoms. The number of nitrogens with one attached hydrogen (secondary N) is 2. The molecule has 0 aliphatic carbocycles. The molecule has 1 heterocycles. The molecular formula is C18H14N6O8S. The van der Waals surface area contributed by atoms with E-state index in [2.05, 4.69) is 20.8 Å². The highest BCUT2D eigenvalue weighted by atomic mass is 32.1. The topological polar surface area (TPSA) is 200 Å². The van der Waals surface area contributed by atoms with Gasteiger partial charge in [-0.25, -0.2) is 9.59 Å². The van der Waals surface area contributed by atoms with E-state index in [-0.39, 0.29) is 22.3 Å². The Bertz CT molecular complexity index is 1240. The first-order valence-electron chi connectivity index (χ1n) is 9.04. The lowest BCUT2D eigenvalue weighted by molar-refractivity contribution is -0.394. The number of aromatic nitrogens is 2. The Balaban J connectivity index is 1.75. The lowest BCUT2D eigenvalue weighted by atomic mass is 10.1. The number of nitro groups is 2. The first-order valence-corrected chi connectivity index (χ1v) is 9.86. The summed E-state index contributed by atoms with van der Waals surface area (Å²) in [5, 5.41) is 44.5. The molecule has 0 radical (unpaired) electrons. The number of carbonyl (C=O) groups excluding carboxylic acids is 2. The first-order chi connectivity index (χ1) is 15.7. The number of esters is 1. The predicted molar refractivity (Wildman–Crippen MR) is 115 cm³/mol. The molecule has 3 aromatic rings. The molecule has 0 aliphatic heterocycles. The Morgan fingerprint density at radius 2 is 1.79 bits per heavy atom. The highest BCUT2D eigenvalue weighted by molar-refractivity contribution is 7.18. The molecule has 0 atom stereocenters. The normalized spacial score (nSPS) is 10.3. The zero-order valence-corrected chi connectivity index (χ0v) is 17.5. The van der Waals surface area contributed by atoms with Crippen LogP contribution in [0.4, 0.5) is 27.0 Å². The Kier molecular flexibility index (Phi) is 6.73. The number of phenolic OH excluding ortho intramolecular Hbond substituents is 1. The fourth-order valence-electron chi connectivity index (χ4n) is 2.56. The van der Waals surface area contributed by atoms with Gasteiger partial charge in [-0.15, -0.1) is 10.2 Å². The van der Waals surface area contributed by atoms with Crippen LogP contribution in [0, 0.1) is 20.2 Å². The Hall–Kier alpha value is -4.66. The van der Waals surface area contributed by atoms with Gasteiger partial charge >= 0.3 is 17.7 Å². The maximum absolute atomic E-state index is 12.2. The summed E-state index contributed by atoms with van der Waals surface area (Å²) >= 11 is 0.731. The van der Waals surface area contributed by atoms with E-state index in [1.165, 1.54) is 24.3 Å². The van der Waals surface area contributed by atoms with Crippen LogP contribution in [0.3, 0.4) is 0 Å². The molecule has 0 unspecified atom stereocenters. The van der Waals surface area contributed by atoms with E-state index in [9.17, 15) is 34.9 Å². The third-order valence-electron chi connectivity index (χ3n) is 4.01. The fraction of sp³-hybridized carbons (Fsp3) is 0.111. The monoisotopic (exact) mass is 474 g/mol. The minimum Gasteiger partial charge on any atom is -0.502 e. The average molecular weight is 474 g/mol. The summed E-state index contributed by atoms with van der Waals surface area (Å²) in [7, 11) is 0. The van der Waals surface area contributed by atoms with Gasteiger partial charge in [0.2, 0.25) is 10.9 Å². The molecule has 0 bridgehead atoms. The highest BCUT2D eigenvalue weighted by Gasteiger charge is 2.26. The molecule has 0 fully saturated rings. The number of benzene rings is 2. The summed E-state index contributed by atoms with van der Waals surface area (Å²) in [4.78, 5) is 44.2. The quantitative estimate of drug-likeness (QED) is 0.258. The van der Waals surface area contributed by atoms with Crippen LogP contribution < -0.4 is 10.6 Å². The van der Waals surface area contributed by atoms with Gasteiger partial charge in [-0.3, -0.25) is 25.5 Å². The van der Waals surface area contributed by atoms with E-state index >= 15 is 0 Å². The number of amides is 2. The van der Waals surface area contributed by atoms with Crippen molar-refractivity contribution in [1.29, 1.82) is 0 Å². The van der Waals surface area contributed by atoms with Crippen molar-refractivity contribution in [3.63, 3.8) is 0 Å². The largest absolute Gasteiger partial charge is 0.502 e. The molecule has 3 N–H and O–H groups in total. The second kappa shape index (κ2) is 9.65. The summed E-state index contributed by atoms with van der Waals surface area (Å²) in [6, 6.07) is 6.73. The van der Waals surface area contributed by atoms with Crippen LogP contribution in [0.15, 0.2) is 36.4 Å². The van der Waals surface area contributed by atoms with Crippen molar-refractivity contribution < 1.29 is 29.3 Å². The number of nitrogens with zero attached hydrogens (tertiary/aromatic N) is 4. The van der Waals surface area contributed by atoms with Crippen LogP contribution in [0.5, 0.6) is 5.75 Å². The van der Waals surface area contributed by atoms with Gasteiger partial charge in [-0.05, 0) is 31.2 Å². The highest BCUT2D eigenvalue weighted by Crippen LogP contribution is 2.41. The number of aromatic hydroxyl groups is 1. The summed E-state index contributed by atoms with van der Waals surface area (Å²) in [5.41, 5.74) is -1.10. The van der Waals surface area contributed by atoms with Crippen LogP contribution >= 0.6 is 11.3 Å². The maximum Gasteiger partial charge on any atom is 0.338 e. The Morgan fingerprint density at radius 1 is 1.09 bits per heavy atom. The summed E-state index contributed by atoms with van der Waals surface area (Å²) < 4.78 is 4.87. The van der Waals surface area contributed by atoms with Gasteiger partial charge < -0.3 is 15.2 Å². The lowest BCUT2D eigenvalue weighted by Crippen LogP contribution is -2.19. The number of ether oxygens (including phenoxy) is 1. The molecule has 3 rings (SSSR count). The van der Waals surface area contributed by atoms with Crippen molar-refractivity contribution in [2.24, 2.45) is 0 Å². The van der Waals surface area contributed by atoms with Gasteiger partial charge in [0.05, 0.1) is 33.6 Å². The minimum absolute atomic E-state index is 0.0424. The zero-order valence-electron chi connectivity index (χ0n) is 16.7. The number of urea groups is 1. The molecule has 1 aromatic heterocycles. The molecule has 2 amide bonds. The van der Waals surface area contributed by atoms with Gasteiger partial charge in [-0.2, -0.15) is 0 Å². The van der Waals surface area contributed by atoms with E-state index in [1.54, 1.807) is 6.92 Å². The summed E-state index contributed by atoms with van der Waals surface area (Å²) in [6.45, 7) is 1.91. The molecule has 0 saturated carbocycles. The van der Waals surface area contributed by atoms with E-state index < -0.39 is 39.0 Å². The first kappa shape index (κ1) is 23.0. The minimum atomic E-state index is -0.966. The number of hydrogen-bond donors (Lipinski definition) is 3. The van der Waals surface area contributed by atoms with Gasteiger partial charge in [0, 0.05) is 11.8 Å². The van der Waals surface area contributed by atoms with E-state index in [0.29, 0.717) is 17.3 Å². The molecule has 2 aromatic carbocycles. The van der Waals surface area contributed by atoms with Crippen molar-refractivity contribution in [2.45, 2.75) is 6.92 Å². The van der Waals surface area contributed by atoms with Gasteiger partial charge in [0.1, 0.15) is 0 Å². The van der Waals surface area contributed by atoms with Gasteiger partial charge in [0.25, 0.3) is 5.69 Å². The number of nitro benzene ring substituents is 2. The van der Waals surface area contributed by atoms with Crippen LogP contribution in [0.2, 0.25) is 0 Å². The Labute approximate surface area is 188 Å². The molecule has 14 nitrogen and oxygen atoms in total. The fourth-order valence-corrected chi connectivity index (χ4v) is 3.31. The molecule has 0 spiro atoms. The van der Waals surface area contributed by atoms with E-state index in [1.807, 2.05) is 0 Å². The van der Waals surface area contributed by atoms with Crippen molar-refractivity contribution in [1.82, 2.24) is 10.2 Å².